The summed E-state index contributed by atoms with van der Waals surface area (Å²) in [6.07, 6.45) is 5.47. The van der Waals surface area contributed by atoms with E-state index in [-0.39, 0.29) is 11.6 Å². The van der Waals surface area contributed by atoms with Crippen LogP contribution in [0.15, 0.2) is 12.1 Å². The maximum absolute atomic E-state index is 13.0. The van der Waals surface area contributed by atoms with Crippen molar-refractivity contribution in [3.05, 3.63) is 23.4 Å². The average molecular weight is 562 g/mol. The second-order valence-electron chi connectivity index (χ2n) is 12.9. The molecule has 1 aromatic heterocycles. The maximum Gasteiger partial charge on any atom is 0.326 e. The summed E-state index contributed by atoms with van der Waals surface area (Å²) < 4.78 is 5.96. The number of carboxylic acids is 1. The first-order valence-electron chi connectivity index (χ1n) is 15.2. The van der Waals surface area contributed by atoms with Crippen LogP contribution in [-0.2, 0) is 22.4 Å². The zero-order valence-corrected chi connectivity index (χ0v) is 26.1. The Hall–Kier alpha value is -2.39. The Balaban J connectivity index is 1.93. The number of unbranched alkanes of at least 4 members (excludes halogenated alkanes) is 1. The largest absolute Gasteiger partial charge is 0.480 e. The summed E-state index contributed by atoms with van der Waals surface area (Å²) in [7, 11) is 0. The zero-order valence-electron chi connectivity index (χ0n) is 26.1. The Kier molecular flexibility index (Phi) is 14.2. The van der Waals surface area contributed by atoms with Crippen molar-refractivity contribution >= 4 is 17.8 Å². The number of rotatable bonds is 17. The van der Waals surface area contributed by atoms with Gasteiger partial charge in [0.1, 0.15) is 11.9 Å². The van der Waals surface area contributed by atoms with Crippen molar-refractivity contribution in [2.75, 3.05) is 51.2 Å². The van der Waals surface area contributed by atoms with Crippen molar-refractivity contribution in [3.63, 3.8) is 0 Å². The van der Waals surface area contributed by atoms with E-state index in [1.807, 2.05) is 20.8 Å². The van der Waals surface area contributed by atoms with Gasteiger partial charge < -0.3 is 30.3 Å². The average Bonchev–Trinajstić information content (AvgIpc) is 2.86. The van der Waals surface area contributed by atoms with Gasteiger partial charge in [-0.1, -0.05) is 33.8 Å². The lowest BCUT2D eigenvalue weighted by atomic mass is 10.1. The molecule has 2 amide bonds. The van der Waals surface area contributed by atoms with E-state index in [0.717, 1.165) is 56.7 Å². The van der Waals surface area contributed by atoms with Gasteiger partial charge in [-0.05, 0) is 89.3 Å². The highest BCUT2D eigenvalue weighted by atomic mass is 16.5. The van der Waals surface area contributed by atoms with Crippen molar-refractivity contribution < 1.29 is 19.4 Å². The number of nitrogens with zero attached hydrogens (tertiary/aromatic N) is 3. The van der Waals surface area contributed by atoms with Crippen molar-refractivity contribution in [1.29, 1.82) is 0 Å². The third kappa shape index (κ3) is 13.3. The van der Waals surface area contributed by atoms with Crippen molar-refractivity contribution in [2.24, 2.45) is 11.8 Å². The molecule has 40 heavy (non-hydrogen) atoms. The number of aromatic nitrogens is 1. The summed E-state index contributed by atoms with van der Waals surface area (Å²) in [5, 5.41) is 16.1. The topological polar surface area (TPSA) is 107 Å². The Morgan fingerprint density at radius 2 is 1.77 bits per heavy atom. The van der Waals surface area contributed by atoms with E-state index in [9.17, 15) is 14.7 Å². The third-order valence-electron chi connectivity index (χ3n) is 6.84. The Labute approximate surface area is 242 Å². The van der Waals surface area contributed by atoms with Crippen LogP contribution in [0, 0.1) is 11.8 Å². The minimum atomic E-state index is -1.000. The van der Waals surface area contributed by atoms with Crippen LogP contribution in [0.4, 0.5) is 10.6 Å². The number of amides is 2. The molecule has 3 N–H and O–H groups in total. The SMILES string of the molecule is CC(C)CN(CC(C)C)C(=O)NC(CCN(CCCCc1ccc2c(n1)NCCC2)CCOC(C)(C)C)C(=O)O. The quantitative estimate of drug-likeness (QED) is 0.229. The monoisotopic (exact) mass is 561 g/mol. The molecular formula is C31H55N5O4. The molecule has 1 atom stereocenters. The molecule has 2 heterocycles. The minimum absolute atomic E-state index is 0.230. The number of fused-ring (bicyclic) bond motifs is 1. The number of hydrogen-bond donors (Lipinski definition) is 3. The fourth-order valence-electron chi connectivity index (χ4n) is 4.90. The summed E-state index contributed by atoms with van der Waals surface area (Å²) >= 11 is 0. The van der Waals surface area contributed by atoms with Crippen molar-refractivity contribution in [2.45, 2.75) is 98.6 Å². The number of aryl methyl sites for hydroxylation is 2. The smallest absolute Gasteiger partial charge is 0.326 e. The molecule has 1 unspecified atom stereocenters. The van der Waals surface area contributed by atoms with Crippen molar-refractivity contribution in [1.82, 2.24) is 20.1 Å². The van der Waals surface area contributed by atoms with Crippen LogP contribution in [0.5, 0.6) is 0 Å². The molecule has 0 saturated heterocycles. The molecule has 0 fully saturated rings. The predicted molar refractivity (Wildman–Crippen MR) is 162 cm³/mol. The fourth-order valence-corrected chi connectivity index (χ4v) is 4.90. The van der Waals surface area contributed by atoms with Gasteiger partial charge >= 0.3 is 12.0 Å². The molecule has 0 radical (unpaired) electrons. The van der Waals surface area contributed by atoms with Gasteiger partial charge in [-0.2, -0.15) is 0 Å². The van der Waals surface area contributed by atoms with Crippen LogP contribution in [0.2, 0.25) is 0 Å². The third-order valence-corrected chi connectivity index (χ3v) is 6.84. The molecule has 0 aromatic carbocycles. The van der Waals surface area contributed by atoms with Crippen LogP contribution in [0.3, 0.4) is 0 Å². The first kappa shape index (κ1) is 33.8. The van der Waals surface area contributed by atoms with Gasteiger partial charge in [-0.15, -0.1) is 0 Å². The van der Waals surface area contributed by atoms with Crippen LogP contribution in [0.1, 0.15) is 85.4 Å². The van der Waals surface area contributed by atoms with Crippen LogP contribution in [-0.4, -0.2) is 89.4 Å². The summed E-state index contributed by atoms with van der Waals surface area (Å²) in [6, 6.07) is 3.10. The molecule has 0 bridgehead atoms. The summed E-state index contributed by atoms with van der Waals surface area (Å²) in [5.41, 5.74) is 2.18. The van der Waals surface area contributed by atoms with Gasteiger partial charge in [0.15, 0.2) is 0 Å². The number of anilines is 1. The predicted octanol–water partition coefficient (Wildman–Crippen LogP) is 5.05. The van der Waals surface area contributed by atoms with Gasteiger partial charge in [0.25, 0.3) is 0 Å². The normalized spacial score (nSPS) is 14.2. The second kappa shape index (κ2) is 16.8. The highest BCUT2D eigenvalue weighted by Crippen LogP contribution is 2.20. The number of nitrogens with one attached hydrogen (secondary N) is 2. The Morgan fingerprint density at radius 1 is 1.07 bits per heavy atom. The first-order valence-corrected chi connectivity index (χ1v) is 15.2. The second-order valence-corrected chi connectivity index (χ2v) is 12.9. The lowest BCUT2D eigenvalue weighted by molar-refractivity contribution is -0.139. The zero-order chi connectivity index (χ0) is 29.7. The molecule has 1 aromatic rings. The molecule has 0 spiro atoms. The highest BCUT2D eigenvalue weighted by Gasteiger charge is 2.25. The number of pyridine rings is 1. The standard InChI is InChI=1S/C31H55N5O4/c1-23(2)21-36(22-24(3)4)30(39)34-27(29(37)38)15-18-35(19-20-40-31(5,6)7)17-9-8-12-26-14-13-25-11-10-16-32-28(25)33-26/h13-14,23-24,27H,8-12,15-22H2,1-7H3,(H,32,33)(H,34,39)(H,37,38). The number of carboxylic acid groups (broad SMARTS) is 1. The lowest BCUT2D eigenvalue weighted by Gasteiger charge is -2.29. The molecule has 1 aliphatic heterocycles. The van der Waals surface area contributed by atoms with E-state index in [2.05, 4.69) is 55.4 Å². The van der Waals surface area contributed by atoms with E-state index < -0.39 is 12.0 Å². The molecule has 228 valence electrons. The number of aliphatic carboxylic acids is 1. The van der Waals surface area contributed by atoms with Gasteiger partial charge in [0, 0.05) is 38.4 Å². The minimum Gasteiger partial charge on any atom is -0.480 e. The number of carbonyl (C=O) groups excluding carboxylic acids is 1. The Bertz CT molecular complexity index is 905. The van der Waals surface area contributed by atoms with Crippen LogP contribution >= 0.6 is 0 Å². The van der Waals surface area contributed by atoms with E-state index in [4.69, 9.17) is 9.72 Å². The van der Waals surface area contributed by atoms with E-state index in [1.54, 1.807) is 4.90 Å². The van der Waals surface area contributed by atoms with E-state index in [0.29, 0.717) is 51.0 Å². The number of hydrogen-bond acceptors (Lipinski definition) is 6. The molecule has 0 aliphatic carbocycles. The van der Waals surface area contributed by atoms with E-state index >= 15 is 0 Å². The molecule has 2 rings (SSSR count). The van der Waals surface area contributed by atoms with Gasteiger partial charge in [0.2, 0.25) is 0 Å². The van der Waals surface area contributed by atoms with Crippen LogP contribution in [0.25, 0.3) is 0 Å². The molecule has 0 saturated carbocycles. The summed E-state index contributed by atoms with van der Waals surface area (Å²) in [4.78, 5) is 33.9. The van der Waals surface area contributed by atoms with Crippen LogP contribution < -0.4 is 10.6 Å². The molecule has 1 aliphatic rings. The maximum atomic E-state index is 13.0. The lowest BCUT2D eigenvalue weighted by Crippen LogP contribution is -2.50. The number of ether oxygens (including phenoxy) is 1. The highest BCUT2D eigenvalue weighted by molar-refractivity contribution is 5.82. The first-order chi connectivity index (χ1) is 18.8. The van der Waals surface area contributed by atoms with Gasteiger partial charge in [-0.3, -0.25) is 0 Å². The molecule has 9 nitrogen and oxygen atoms in total. The molecular weight excluding hydrogens is 506 g/mol. The van der Waals surface area contributed by atoms with E-state index in [1.165, 1.54) is 5.56 Å². The number of urea groups is 1. The summed E-state index contributed by atoms with van der Waals surface area (Å²) in [6.45, 7) is 19.2. The van der Waals surface area contributed by atoms with Gasteiger partial charge in [-0.25, -0.2) is 14.6 Å². The number of carbonyl (C=O) groups is 2. The van der Waals surface area contributed by atoms with Crippen molar-refractivity contribution in [3.8, 4) is 0 Å². The fraction of sp³-hybridized carbons (Fsp3) is 0.774. The van der Waals surface area contributed by atoms with Gasteiger partial charge in [0.05, 0.1) is 12.2 Å². The Morgan fingerprint density at radius 3 is 2.40 bits per heavy atom. The summed E-state index contributed by atoms with van der Waals surface area (Å²) in [5.74, 6) is 0.643. The molecule has 9 heteroatoms.